The van der Waals surface area contributed by atoms with E-state index in [1.165, 1.54) is 6.92 Å². The van der Waals surface area contributed by atoms with Crippen LogP contribution in [0.5, 0.6) is 0 Å². The molecule has 0 saturated carbocycles. The van der Waals surface area contributed by atoms with Crippen molar-refractivity contribution in [3.63, 3.8) is 0 Å². The lowest BCUT2D eigenvalue weighted by Crippen LogP contribution is -2.59. The summed E-state index contributed by atoms with van der Waals surface area (Å²) in [5.41, 5.74) is 0.222. The molecule has 1 rings (SSSR count). The van der Waals surface area contributed by atoms with E-state index in [4.69, 9.17) is 24.9 Å². The summed E-state index contributed by atoms with van der Waals surface area (Å²) in [7, 11) is 0. The van der Waals surface area contributed by atoms with Crippen LogP contribution in [0.2, 0.25) is 0 Å². The molecule has 0 aromatic heterocycles. The van der Waals surface area contributed by atoms with Crippen molar-refractivity contribution in [2.45, 2.75) is 37.6 Å². The van der Waals surface area contributed by atoms with Gasteiger partial charge in [0.1, 0.15) is 30.5 Å². The van der Waals surface area contributed by atoms with Crippen LogP contribution in [0.3, 0.4) is 0 Å². The second kappa shape index (κ2) is 6.81. The van der Waals surface area contributed by atoms with E-state index in [2.05, 4.69) is 0 Å². The second-order valence-electron chi connectivity index (χ2n) is 4.19. The van der Waals surface area contributed by atoms with Crippen LogP contribution in [0.4, 0.5) is 0 Å². The van der Waals surface area contributed by atoms with Crippen LogP contribution in [0.1, 0.15) is 6.92 Å². The first kappa shape index (κ1) is 15.8. The van der Waals surface area contributed by atoms with Crippen molar-refractivity contribution >= 4 is 0 Å². The monoisotopic (exact) mass is 275 g/mol. The summed E-state index contributed by atoms with van der Waals surface area (Å²) < 4.78 is 10.1. The van der Waals surface area contributed by atoms with Gasteiger partial charge in [0, 0.05) is 5.57 Å². The van der Waals surface area contributed by atoms with Gasteiger partial charge in [0.05, 0.1) is 13.2 Å². The Morgan fingerprint density at radius 1 is 1.21 bits per heavy atom. The van der Waals surface area contributed by atoms with Crippen LogP contribution in [0, 0.1) is 11.3 Å². The molecule has 1 aliphatic rings. The minimum absolute atomic E-state index is 0.222. The maximum absolute atomic E-state index is 9.68. The molecule has 5 atom stereocenters. The Morgan fingerprint density at radius 2 is 1.84 bits per heavy atom. The molecule has 0 aromatic rings. The standard InChI is InChI=1S/C11H17NO7/c1-5(3-13)6(2-12)18-11-10(17)9(16)8(15)7(4-14)19-11/h7-11,13-17H,3-4H2,1H3/b6-5+/t7-,8-,9+,10-,11-/m1/s1. The van der Waals surface area contributed by atoms with Crippen molar-refractivity contribution in [1.29, 1.82) is 5.26 Å². The molecule has 0 unspecified atom stereocenters. The van der Waals surface area contributed by atoms with E-state index in [0.29, 0.717) is 0 Å². The molecule has 1 heterocycles. The molecule has 0 aromatic carbocycles. The first-order valence-corrected chi connectivity index (χ1v) is 5.64. The summed E-state index contributed by atoms with van der Waals surface area (Å²) in [5, 5.41) is 55.5. The molecular formula is C11H17NO7. The molecule has 1 fully saturated rings. The molecule has 0 aliphatic carbocycles. The lowest BCUT2D eigenvalue weighted by Gasteiger charge is -2.39. The van der Waals surface area contributed by atoms with Crippen LogP contribution < -0.4 is 0 Å². The van der Waals surface area contributed by atoms with Gasteiger partial charge in [0.25, 0.3) is 0 Å². The highest BCUT2D eigenvalue weighted by Gasteiger charge is 2.45. The van der Waals surface area contributed by atoms with Crippen LogP contribution >= 0.6 is 0 Å². The molecular weight excluding hydrogens is 258 g/mol. The van der Waals surface area contributed by atoms with Gasteiger partial charge in [-0.05, 0) is 6.92 Å². The average molecular weight is 275 g/mol. The van der Waals surface area contributed by atoms with Gasteiger partial charge < -0.3 is 35.0 Å². The first-order valence-electron chi connectivity index (χ1n) is 5.64. The maximum Gasteiger partial charge on any atom is 0.230 e. The van der Waals surface area contributed by atoms with Crippen molar-refractivity contribution in [2.75, 3.05) is 13.2 Å². The number of rotatable bonds is 4. The van der Waals surface area contributed by atoms with Crippen molar-refractivity contribution in [3.8, 4) is 6.07 Å². The average Bonchev–Trinajstić information content (AvgIpc) is 2.43. The minimum Gasteiger partial charge on any atom is -0.452 e. The predicted octanol–water partition coefficient (Wildman–Crippen LogP) is -2.41. The third kappa shape index (κ3) is 3.42. The van der Waals surface area contributed by atoms with Gasteiger partial charge in [-0.25, -0.2) is 0 Å². The Bertz CT molecular complexity index is 376. The molecule has 1 aliphatic heterocycles. The fraction of sp³-hybridized carbons (Fsp3) is 0.727. The van der Waals surface area contributed by atoms with Gasteiger partial charge in [-0.1, -0.05) is 0 Å². The topological polar surface area (TPSA) is 143 Å². The van der Waals surface area contributed by atoms with E-state index in [1.807, 2.05) is 0 Å². The van der Waals surface area contributed by atoms with Crippen LogP contribution in [0.15, 0.2) is 11.3 Å². The fourth-order valence-electron chi connectivity index (χ4n) is 1.58. The zero-order chi connectivity index (χ0) is 14.6. The number of aliphatic hydroxyl groups is 5. The number of ether oxygens (including phenoxy) is 2. The van der Waals surface area contributed by atoms with Crippen molar-refractivity contribution < 1.29 is 35.0 Å². The number of hydrogen-bond acceptors (Lipinski definition) is 8. The molecule has 0 radical (unpaired) electrons. The van der Waals surface area contributed by atoms with E-state index >= 15 is 0 Å². The van der Waals surface area contributed by atoms with Crippen molar-refractivity contribution in [3.05, 3.63) is 11.3 Å². The molecule has 19 heavy (non-hydrogen) atoms. The van der Waals surface area contributed by atoms with Gasteiger partial charge >= 0.3 is 0 Å². The van der Waals surface area contributed by atoms with Crippen molar-refractivity contribution in [1.82, 2.24) is 0 Å². The lowest BCUT2D eigenvalue weighted by atomic mass is 9.99. The molecule has 8 heteroatoms. The lowest BCUT2D eigenvalue weighted by molar-refractivity contribution is -0.290. The van der Waals surface area contributed by atoms with Crippen molar-refractivity contribution in [2.24, 2.45) is 0 Å². The van der Waals surface area contributed by atoms with Crippen LogP contribution in [0.25, 0.3) is 0 Å². The van der Waals surface area contributed by atoms with Crippen LogP contribution in [-0.2, 0) is 9.47 Å². The highest BCUT2D eigenvalue weighted by molar-refractivity contribution is 5.21. The number of aliphatic hydroxyl groups excluding tert-OH is 5. The molecule has 0 amide bonds. The second-order valence-corrected chi connectivity index (χ2v) is 4.19. The largest absolute Gasteiger partial charge is 0.452 e. The van der Waals surface area contributed by atoms with Gasteiger partial charge in [-0.15, -0.1) is 0 Å². The number of nitrogens with zero attached hydrogens (tertiary/aromatic N) is 1. The van der Waals surface area contributed by atoms with E-state index in [0.717, 1.165) is 0 Å². The summed E-state index contributed by atoms with van der Waals surface area (Å²) in [4.78, 5) is 0. The van der Waals surface area contributed by atoms with E-state index in [1.54, 1.807) is 6.07 Å². The molecule has 108 valence electrons. The zero-order valence-electron chi connectivity index (χ0n) is 10.3. The Hall–Kier alpha value is -1.21. The summed E-state index contributed by atoms with van der Waals surface area (Å²) in [6, 6.07) is 1.68. The van der Waals surface area contributed by atoms with E-state index in [9.17, 15) is 15.3 Å². The Balaban J connectivity index is 2.86. The summed E-state index contributed by atoms with van der Waals surface area (Å²) in [6.45, 7) is 0.443. The Morgan fingerprint density at radius 3 is 2.32 bits per heavy atom. The summed E-state index contributed by atoms with van der Waals surface area (Å²) in [5.74, 6) is -0.258. The molecule has 8 nitrogen and oxygen atoms in total. The van der Waals surface area contributed by atoms with E-state index in [-0.39, 0.29) is 11.3 Å². The molecule has 5 N–H and O–H groups in total. The number of hydrogen-bond donors (Lipinski definition) is 5. The molecule has 0 spiro atoms. The number of nitriles is 1. The summed E-state index contributed by atoms with van der Waals surface area (Å²) in [6.07, 6.45) is -7.20. The van der Waals surface area contributed by atoms with E-state index < -0.39 is 43.9 Å². The van der Waals surface area contributed by atoms with Gasteiger partial charge in [-0.3, -0.25) is 0 Å². The fourth-order valence-corrected chi connectivity index (χ4v) is 1.58. The maximum atomic E-state index is 9.68. The Labute approximate surface area is 109 Å². The highest BCUT2D eigenvalue weighted by Crippen LogP contribution is 2.24. The van der Waals surface area contributed by atoms with Crippen LogP contribution in [-0.4, -0.2) is 69.5 Å². The van der Waals surface area contributed by atoms with Gasteiger partial charge in [0.15, 0.2) is 0 Å². The first-order chi connectivity index (χ1) is 8.96. The normalized spacial score (nSPS) is 36.4. The number of allylic oxidation sites excluding steroid dienone is 1. The molecule has 0 bridgehead atoms. The summed E-state index contributed by atoms with van der Waals surface area (Å²) >= 11 is 0. The van der Waals surface area contributed by atoms with Gasteiger partial charge in [-0.2, -0.15) is 5.26 Å². The van der Waals surface area contributed by atoms with Gasteiger partial charge in [0.2, 0.25) is 12.0 Å². The third-order valence-electron chi connectivity index (χ3n) is 2.81. The Kier molecular flexibility index (Phi) is 5.68. The zero-order valence-corrected chi connectivity index (χ0v) is 10.3. The quantitative estimate of drug-likeness (QED) is 0.282. The SMILES string of the molecule is C/C(CO)=C(/C#N)O[C@@H]1O[C@H](CO)[C@@H](O)[C@H](O)[C@H]1O. The molecule has 1 saturated heterocycles. The highest BCUT2D eigenvalue weighted by atomic mass is 16.7. The third-order valence-corrected chi connectivity index (χ3v) is 2.81. The predicted molar refractivity (Wildman–Crippen MR) is 60.3 cm³/mol. The smallest absolute Gasteiger partial charge is 0.230 e. The minimum atomic E-state index is -1.59.